The number of benzene rings is 2. The van der Waals surface area contributed by atoms with Crippen LogP contribution in [0.15, 0.2) is 41.3 Å². The van der Waals surface area contributed by atoms with Gasteiger partial charge in [0, 0.05) is 10.7 Å². The summed E-state index contributed by atoms with van der Waals surface area (Å²) in [6.07, 6.45) is 0. The number of sulfonamides is 1. The lowest BCUT2D eigenvalue weighted by atomic mass is 10.1. The van der Waals surface area contributed by atoms with Crippen molar-refractivity contribution in [1.82, 2.24) is 0 Å². The molecule has 0 aliphatic heterocycles. The second kappa shape index (κ2) is 5.46. The van der Waals surface area contributed by atoms with Crippen LogP contribution < -0.4 is 4.72 Å². The third-order valence-electron chi connectivity index (χ3n) is 2.91. The van der Waals surface area contributed by atoms with Crippen molar-refractivity contribution >= 4 is 27.3 Å². The number of aryl methyl sites for hydroxylation is 3. The first-order valence-corrected chi connectivity index (χ1v) is 8.01. The first-order chi connectivity index (χ1) is 9.28. The van der Waals surface area contributed by atoms with Gasteiger partial charge in [-0.3, -0.25) is 4.72 Å². The molecule has 2 rings (SSSR count). The first kappa shape index (κ1) is 14.9. The summed E-state index contributed by atoms with van der Waals surface area (Å²) in [4.78, 5) is 0.207. The van der Waals surface area contributed by atoms with Crippen LogP contribution in [0.1, 0.15) is 16.7 Å². The van der Waals surface area contributed by atoms with Gasteiger partial charge in [-0.25, -0.2) is 8.42 Å². The Morgan fingerprint density at radius 2 is 1.55 bits per heavy atom. The molecule has 0 saturated carbocycles. The topological polar surface area (TPSA) is 46.2 Å². The van der Waals surface area contributed by atoms with Gasteiger partial charge in [0.05, 0.1) is 4.90 Å². The van der Waals surface area contributed by atoms with Crippen LogP contribution in [-0.2, 0) is 10.0 Å². The molecule has 2 aromatic rings. The van der Waals surface area contributed by atoms with Crippen LogP contribution in [0.5, 0.6) is 0 Å². The second-order valence-corrected chi connectivity index (χ2v) is 6.98. The summed E-state index contributed by atoms with van der Waals surface area (Å²) in [6, 6.07) is 10.2. The van der Waals surface area contributed by atoms with E-state index in [1.807, 2.05) is 19.9 Å². The molecule has 106 valence electrons. The van der Waals surface area contributed by atoms with Gasteiger partial charge in [0.15, 0.2) is 0 Å². The molecule has 2 aromatic carbocycles. The number of halogens is 1. The summed E-state index contributed by atoms with van der Waals surface area (Å²) >= 11 is 5.92. The molecule has 0 fully saturated rings. The van der Waals surface area contributed by atoms with Gasteiger partial charge in [0.25, 0.3) is 10.0 Å². The zero-order chi connectivity index (χ0) is 14.9. The summed E-state index contributed by atoms with van der Waals surface area (Å²) in [5.41, 5.74) is 3.31. The van der Waals surface area contributed by atoms with E-state index in [2.05, 4.69) is 4.72 Å². The van der Waals surface area contributed by atoms with E-state index in [1.165, 1.54) is 6.07 Å². The Bertz CT molecular complexity index is 734. The van der Waals surface area contributed by atoms with Crippen molar-refractivity contribution in [1.29, 1.82) is 0 Å². The van der Waals surface area contributed by atoms with Gasteiger partial charge in [-0.2, -0.15) is 0 Å². The molecule has 3 nitrogen and oxygen atoms in total. The minimum Gasteiger partial charge on any atom is -0.280 e. The van der Waals surface area contributed by atoms with Crippen molar-refractivity contribution in [2.24, 2.45) is 0 Å². The molecule has 0 atom stereocenters. The van der Waals surface area contributed by atoms with Gasteiger partial charge in [-0.1, -0.05) is 17.7 Å². The maximum absolute atomic E-state index is 12.3. The van der Waals surface area contributed by atoms with Gasteiger partial charge in [-0.15, -0.1) is 0 Å². The Labute approximate surface area is 124 Å². The summed E-state index contributed by atoms with van der Waals surface area (Å²) in [6.45, 7) is 5.63. The fourth-order valence-corrected chi connectivity index (χ4v) is 3.27. The number of hydrogen-bond acceptors (Lipinski definition) is 2. The molecule has 0 aliphatic carbocycles. The van der Waals surface area contributed by atoms with E-state index in [9.17, 15) is 8.42 Å². The Morgan fingerprint density at radius 3 is 2.10 bits per heavy atom. The normalized spacial score (nSPS) is 11.4. The van der Waals surface area contributed by atoms with E-state index < -0.39 is 10.0 Å². The van der Waals surface area contributed by atoms with Crippen molar-refractivity contribution in [2.45, 2.75) is 25.7 Å². The highest BCUT2D eigenvalue weighted by Gasteiger charge is 2.15. The molecule has 0 aliphatic rings. The number of hydrogen-bond donors (Lipinski definition) is 1. The van der Waals surface area contributed by atoms with E-state index in [-0.39, 0.29) is 4.90 Å². The number of nitrogens with one attached hydrogen (secondary N) is 1. The molecule has 0 amide bonds. The molecular formula is C15H16ClNO2S. The van der Waals surface area contributed by atoms with Crippen LogP contribution in [0.25, 0.3) is 0 Å². The molecule has 5 heteroatoms. The maximum atomic E-state index is 12.3. The van der Waals surface area contributed by atoms with Crippen molar-refractivity contribution in [2.75, 3.05) is 4.72 Å². The third-order valence-corrected chi connectivity index (χ3v) is 4.72. The van der Waals surface area contributed by atoms with Crippen molar-refractivity contribution in [3.63, 3.8) is 0 Å². The van der Waals surface area contributed by atoms with Crippen molar-refractivity contribution < 1.29 is 8.42 Å². The Morgan fingerprint density at radius 1 is 0.950 bits per heavy atom. The van der Waals surface area contributed by atoms with E-state index in [4.69, 9.17) is 11.6 Å². The van der Waals surface area contributed by atoms with Crippen LogP contribution >= 0.6 is 11.6 Å². The average Bonchev–Trinajstić information content (AvgIpc) is 2.30. The van der Waals surface area contributed by atoms with E-state index in [1.54, 1.807) is 31.2 Å². The van der Waals surface area contributed by atoms with Gasteiger partial charge in [0.2, 0.25) is 0 Å². The molecular weight excluding hydrogens is 294 g/mol. The van der Waals surface area contributed by atoms with Gasteiger partial charge in [-0.05, 0) is 67.8 Å². The second-order valence-electron chi connectivity index (χ2n) is 4.89. The van der Waals surface area contributed by atoms with Crippen LogP contribution in [0.3, 0.4) is 0 Å². The Hall–Kier alpha value is -1.52. The third kappa shape index (κ3) is 3.32. The maximum Gasteiger partial charge on any atom is 0.261 e. The fourth-order valence-electron chi connectivity index (χ4n) is 2.03. The van der Waals surface area contributed by atoms with Gasteiger partial charge < -0.3 is 0 Å². The SMILES string of the molecule is Cc1cc(C)cc(NS(=O)(=O)c2ccc(Cl)c(C)c2)c1. The average molecular weight is 310 g/mol. The van der Waals surface area contributed by atoms with E-state index >= 15 is 0 Å². The molecule has 0 saturated heterocycles. The summed E-state index contributed by atoms with van der Waals surface area (Å²) < 4.78 is 27.3. The highest BCUT2D eigenvalue weighted by atomic mass is 35.5. The quantitative estimate of drug-likeness (QED) is 0.929. The first-order valence-electron chi connectivity index (χ1n) is 6.15. The molecule has 0 heterocycles. The summed E-state index contributed by atoms with van der Waals surface area (Å²) in [5, 5.41) is 0.551. The lowest BCUT2D eigenvalue weighted by molar-refractivity contribution is 0.601. The molecule has 20 heavy (non-hydrogen) atoms. The predicted molar refractivity (Wildman–Crippen MR) is 82.9 cm³/mol. The molecule has 0 spiro atoms. The zero-order valence-electron chi connectivity index (χ0n) is 11.6. The van der Waals surface area contributed by atoms with Crippen LogP contribution in [-0.4, -0.2) is 8.42 Å². The minimum atomic E-state index is -3.59. The zero-order valence-corrected chi connectivity index (χ0v) is 13.1. The Kier molecular flexibility index (Phi) is 4.06. The molecule has 1 N–H and O–H groups in total. The van der Waals surface area contributed by atoms with E-state index in [0.29, 0.717) is 10.7 Å². The highest BCUT2D eigenvalue weighted by molar-refractivity contribution is 7.92. The van der Waals surface area contributed by atoms with Crippen LogP contribution in [0.2, 0.25) is 5.02 Å². The molecule has 0 aromatic heterocycles. The lowest BCUT2D eigenvalue weighted by Gasteiger charge is -2.10. The smallest absolute Gasteiger partial charge is 0.261 e. The minimum absolute atomic E-state index is 0.207. The van der Waals surface area contributed by atoms with Gasteiger partial charge in [0.1, 0.15) is 0 Å². The molecule has 0 radical (unpaired) electrons. The monoisotopic (exact) mass is 309 g/mol. The van der Waals surface area contributed by atoms with Crippen molar-refractivity contribution in [3.05, 3.63) is 58.1 Å². The largest absolute Gasteiger partial charge is 0.280 e. The number of anilines is 1. The highest BCUT2D eigenvalue weighted by Crippen LogP contribution is 2.22. The number of rotatable bonds is 3. The molecule has 0 bridgehead atoms. The van der Waals surface area contributed by atoms with Crippen LogP contribution in [0, 0.1) is 20.8 Å². The summed E-state index contributed by atoms with van der Waals surface area (Å²) in [7, 11) is -3.59. The van der Waals surface area contributed by atoms with Crippen LogP contribution in [0.4, 0.5) is 5.69 Å². The predicted octanol–water partition coefficient (Wildman–Crippen LogP) is 4.07. The fraction of sp³-hybridized carbons (Fsp3) is 0.200. The van der Waals surface area contributed by atoms with Gasteiger partial charge >= 0.3 is 0 Å². The molecule has 0 unspecified atom stereocenters. The standard InChI is InChI=1S/C15H16ClNO2S/c1-10-6-11(2)8-13(7-10)17-20(18,19)14-4-5-15(16)12(3)9-14/h4-9,17H,1-3H3. The van der Waals surface area contributed by atoms with E-state index in [0.717, 1.165) is 16.7 Å². The lowest BCUT2D eigenvalue weighted by Crippen LogP contribution is -2.13. The Balaban J connectivity index is 2.37. The van der Waals surface area contributed by atoms with Crippen molar-refractivity contribution in [3.8, 4) is 0 Å². The summed E-state index contributed by atoms with van der Waals surface area (Å²) in [5.74, 6) is 0.